The normalized spacial score (nSPS) is 10.7. The Morgan fingerprint density at radius 3 is 3.00 bits per heavy atom. The molecule has 0 aliphatic rings. The van der Waals surface area contributed by atoms with Crippen molar-refractivity contribution in [2.75, 3.05) is 5.32 Å². The third kappa shape index (κ3) is 3.37. The van der Waals surface area contributed by atoms with Crippen molar-refractivity contribution in [3.05, 3.63) is 51.8 Å². The van der Waals surface area contributed by atoms with Gasteiger partial charge in [0.15, 0.2) is 5.82 Å². The minimum Gasteiger partial charge on any atom is -0.304 e. The highest BCUT2D eigenvalue weighted by Crippen LogP contribution is 2.24. The highest BCUT2D eigenvalue weighted by molar-refractivity contribution is 7.13. The average Bonchev–Trinajstić information content (AvgIpc) is 3.20. The van der Waals surface area contributed by atoms with Crippen LogP contribution < -0.4 is 10.9 Å². The van der Waals surface area contributed by atoms with Crippen molar-refractivity contribution in [2.24, 2.45) is 0 Å². The first-order valence-electron chi connectivity index (χ1n) is 7.16. The van der Waals surface area contributed by atoms with Gasteiger partial charge in [-0.2, -0.15) is 10.2 Å². The third-order valence-corrected chi connectivity index (χ3v) is 4.04. The number of thiophene rings is 1. The second-order valence-corrected chi connectivity index (χ2v) is 5.83. The maximum atomic E-state index is 12.2. The van der Waals surface area contributed by atoms with E-state index in [0.717, 1.165) is 17.0 Å². The summed E-state index contributed by atoms with van der Waals surface area (Å²) in [5.74, 6) is 0.00697. The maximum absolute atomic E-state index is 12.2. The first kappa shape index (κ1) is 15.2. The number of amides is 1. The van der Waals surface area contributed by atoms with Crippen LogP contribution in [0, 0.1) is 0 Å². The highest BCUT2D eigenvalue weighted by atomic mass is 32.1. The van der Waals surface area contributed by atoms with Crippen molar-refractivity contribution in [2.45, 2.75) is 19.9 Å². The van der Waals surface area contributed by atoms with Crippen LogP contribution in [0.5, 0.6) is 0 Å². The molecule has 0 saturated heterocycles. The number of aryl methyl sites for hydroxylation is 1. The van der Waals surface area contributed by atoms with Gasteiger partial charge in [-0.25, -0.2) is 4.68 Å². The van der Waals surface area contributed by atoms with E-state index < -0.39 is 5.91 Å². The first-order chi connectivity index (χ1) is 11.2. The van der Waals surface area contributed by atoms with Crippen LogP contribution in [0.4, 0.5) is 5.82 Å². The van der Waals surface area contributed by atoms with Gasteiger partial charge < -0.3 is 5.32 Å². The Morgan fingerprint density at radius 2 is 2.26 bits per heavy atom. The number of hydrogen-bond acceptors (Lipinski definition) is 5. The van der Waals surface area contributed by atoms with Gasteiger partial charge in [-0.1, -0.05) is 13.0 Å². The molecule has 3 aromatic rings. The lowest BCUT2D eigenvalue weighted by molar-refractivity contribution is 0.101. The molecule has 3 heterocycles. The molecule has 1 amide bonds. The van der Waals surface area contributed by atoms with Gasteiger partial charge in [0.1, 0.15) is 5.69 Å². The lowest BCUT2D eigenvalue weighted by atomic mass is 10.3. The SMILES string of the molecule is CCCn1nc(C(=O)Nc2cc(-c3cccs3)[nH]n2)ccc1=O. The number of aromatic nitrogens is 4. The molecule has 7 nitrogen and oxygen atoms in total. The molecule has 3 rings (SSSR count). The van der Waals surface area contributed by atoms with Crippen molar-refractivity contribution in [3.8, 4) is 10.6 Å². The molecule has 0 saturated carbocycles. The van der Waals surface area contributed by atoms with Crippen LogP contribution in [0.15, 0.2) is 40.5 Å². The Hall–Kier alpha value is -2.74. The van der Waals surface area contributed by atoms with Gasteiger partial charge in [0.25, 0.3) is 11.5 Å². The molecule has 0 unspecified atom stereocenters. The summed E-state index contributed by atoms with van der Waals surface area (Å²) in [7, 11) is 0. The van der Waals surface area contributed by atoms with Crippen LogP contribution in [0.25, 0.3) is 10.6 Å². The van der Waals surface area contributed by atoms with E-state index in [9.17, 15) is 9.59 Å². The minimum absolute atomic E-state index is 0.179. The maximum Gasteiger partial charge on any atom is 0.277 e. The van der Waals surface area contributed by atoms with Crippen molar-refractivity contribution >= 4 is 23.1 Å². The Morgan fingerprint density at radius 1 is 1.39 bits per heavy atom. The van der Waals surface area contributed by atoms with E-state index in [0.29, 0.717) is 12.4 Å². The number of H-pyrrole nitrogens is 1. The predicted octanol–water partition coefficient (Wildman–Crippen LogP) is 2.36. The average molecular weight is 329 g/mol. The topological polar surface area (TPSA) is 92.7 Å². The predicted molar refractivity (Wildman–Crippen MR) is 88.6 cm³/mol. The van der Waals surface area contributed by atoms with Crippen LogP contribution in [-0.4, -0.2) is 25.9 Å². The molecule has 0 radical (unpaired) electrons. The van der Waals surface area contributed by atoms with Crippen molar-refractivity contribution < 1.29 is 4.79 Å². The number of anilines is 1. The number of rotatable bonds is 5. The molecule has 0 atom stereocenters. The van der Waals surface area contributed by atoms with E-state index in [1.807, 2.05) is 24.4 Å². The summed E-state index contributed by atoms with van der Waals surface area (Å²) in [6.07, 6.45) is 0.765. The fourth-order valence-electron chi connectivity index (χ4n) is 2.07. The zero-order valence-corrected chi connectivity index (χ0v) is 13.3. The fraction of sp³-hybridized carbons (Fsp3) is 0.200. The smallest absolute Gasteiger partial charge is 0.277 e. The van der Waals surface area contributed by atoms with Gasteiger partial charge in [-0.3, -0.25) is 14.7 Å². The number of nitrogens with zero attached hydrogens (tertiary/aromatic N) is 3. The molecule has 0 aromatic carbocycles. The van der Waals surface area contributed by atoms with Crippen LogP contribution in [0.2, 0.25) is 0 Å². The quantitative estimate of drug-likeness (QED) is 0.751. The Balaban J connectivity index is 1.77. The molecule has 0 aliphatic carbocycles. The minimum atomic E-state index is -0.404. The summed E-state index contributed by atoms with van der Waals surface area (Å²) in [6, 6.07) is 8.42. The van der Waals surface area contributed by atoms with E-state index in [4.69, 9.17) is 0 Å². The van der Waals surface area contributed by atoms with Crippen LogP contribution in [-0.2, 0) is 6.54 Å². The molecule has 0 spiro atoms. The van der Waals surface area contributed by atoms with Gasteiger partial charge in [0.2, 0.25) is 0 Å². The zero-order valence-electron chi connectivity index (χ0n) is 12.4. The van der Waals surface area contributed by atoms with Gasteiger partial charge in [0.05, 0.1) is 10.6 Å². The molecular weight excluding hydrogens is 314 g/mol. The Kier molecular flexibility index (Phi) is 4.33. The molecular formula is C15H15N5O2S. The Bertz CT molecular complexity index is 866. The Labute approximate surface area is 136 Å². The number of carbonyl (C=O) groups is 1. The molecule has 118 valence electrons. The summed E-state index contributed by atoms with van der Waals surface area (Å²) in [5, 5.41) is 15.7. The number of carbonyl (C=O) groups excluding carboxylic acids is 1. The summed E-state index contributed by atoms with van der Waals surface area (Å²) >= 11 is 1.58. The van der Waals surface area contributed by atoms with Crippen molar-refractivity contribution in [1.29, 1.82) is 0 Å². The second-order valence-electron chi connectivity index (χ2n) is 4.88. The second kappa shape index (κ2) is 6.57. The molecule has 2 N–H and O–H groups in total. The van der Waals surface area contributed by atoms with Gasteiger partial charge in [0, 0.05) is 18.7 Å². The summed E-state index contributed by atoms with van der Waals surface area (Å²) in [5.41, 5.74) is 0.793. The monoisotopic (exact) mass is 329 g/mol. The summed E-state index contributed by atoms with van der Waals surface area (Å²) in [6.45, 7) is 2.42. The lowest BCUT2D eigenvalue weighted by Crippen LogP contribution is -2.26. The van der Waals surface area contributed by atoms with E-state index in [2.05, 4.69) is 20.6 Å². The molecule has 0 bridgehead atoms. The first-order valence-corrected chi connectivity index (χ1v) is 8.04. The molecule has 23 heavy (non-hydrogen) atoms. The standard InChI is InChI=1S/C15H15N5O2S/c1-2-7-20-14(21)6-5-10(19-20)15(22)16-13-9-11(17-18-13)12-4-3-8-23-12/h3-6,8-9H,2,7H2,1H3,(H2,16,17,18,22). The van der Waals surface area contributed by atoms with E-state index in [-0.39, 0.29) is 11.3 Å². The highest BCUT2D eigenvalue weighted by Gasteiger charge is 2.12. The summed E-state index contributed by atoms with van der Waals surface area (Å²) in [4.78, 5) is 24.9. The van der Waals surface area contributed by atoms with E-state index >= 15 is 0 Å². The van der Waals surface area contributed by atoms with Crippen molar-refractivity contribution in [3.63, 3.8) is 0 Å². The van der Waals surface area contributed by atoms with Crippen LogP contribution in [0.3, 0.4) is 0 Å². The van der Waals surface area contributed by atoms with Gasteiger partial charge >= 0.3 is 0 Å². The number of nitrogens with one attached hydrogen (secondary N) is 2. The van der Waals surface area contributed by atoms with Crippen LogP contribution in [0.1, 0.15) is 23.8 Å². The molecule has 3 aromatic heterocycles. The molecule has 8 heteroatoms. The lowest BCUT2D eigenvalue weighted by Gasteiger charge is -2.05. The fourth-order valence-corrected chi connectivity index (χ4v) is 2.76. The molecule has 0 fully saturated rings. The van der Waals surface area contributed by atoms with E-state index in [1.54, 1.807) is 17.4 Å². The van der Waals surface area contributed by atoms with Gasteiger partial charge in [-0.05, 0) is 23.9 Å². The van der Waals surface area contributed by atoms with Crippen LogP contribution >= 0.6 is 11.3 Å². The third-order valence-electron chi connectivity index (χ3n) is 3.14. The number of hydrogen-bond donors (Lipinski definition) is 2. The van der Waals surface area contributed by atoms with Crippen molar-refractivity contribution in [1.82, 2.24) is 20.0 Å². The van der Waals surface area contributed by atoms with E-state index in [1.165, 1.54) is 16.8 Å². The van der Waals surface area contributed by atoms with Gasteiger partial charge in [-0.15, -0.1) is 11.3 Å². The zero-order chi connectivity index (χ0) is 16.2. The number of aromatic amines is 1. The molecule has 0 aliphatic heterocycles. The summed E-state index contributed by atoms with van der Waals surface area (Å²) < 4.78 is 1.29. The largest absolute Gasteiger partial charge is 0.304 e.